The van der Waals surface area contributed by atoms with E-state index in [-0.39, 0.29) is 12.1 Å². The zero-order chi connectivity index (χ0) is 17.1. The Morgan fingerprint density at radius 2 is 1.96 bits per heavy atom. The van der Waals surface area contributed by atoms with Crippen molar-refractivity contribution in [2.75, 3.05) is 25.5 Å². The van der Waals surface area contributed by atoms with E-state index in [2.05, 4.69) is 5.32 Å². The van der Waals surface area contributed by atoms with Crippen molar-refractivity contribution in [3.05, 3.63) is 52.5 Å². The molecule has 2 amide bonds. The summed E-state index contributed by atoms with van der Waals surface area (Å²) in [5.41, 5.74) is 0.576. The fraction of sp³-hybridized carbons (Fsp3) is 0.235. The number of halogens is 2. The maximum atomic E-state index is 12.3. The van der Waals surface area contributed by atoms with Crippen LogP contribution >= 0.6 is 23.2 Å². The zero-order valence-corrected chi connectivity index (χ0v) is 14.5. The van der Waals surface area contributed by atoms with Crippen molar-refractivity contribution >= 4 is 34.9 Å². The smallest absolute Gasteiger partial charge is 0.321 e. The summed E-state index contributed by atoms with van der Waals surface area (Å²) in [6, 6.07) is 12.1. The van der Waals surface area contributed by atoms with Gasteiger partial charge in [0.25, 0.3) is 0 Å². The molecular weight excluding hydrogens is 351 g/mol. The summed E-state index contributed by atoms with van der Waals surface area (Å²) in [7, 11) is 1.69. The summed E-state index contributed by atoms with van der Waals surface area (Å²) < 4.78 is 11.5. The van der Waals surface area contributed by atoms with Gasteiger partial charge in [-0.3, -0.25) is 0 Å². The molecule has 1 unspecified atom stereocenters. The molecule has 1 atom stereocenters. The number of hydrogen-bond acceptors (Lipinski definition) is 3. The normalized spacial score (nSPS) is 15.7. The van der Waals surface area contributed by atoms with Gasteiger partial charge in [-0.2, -0.15) is 0 Å². The van der Waals surface area contributed by atoms with Crippen LogP contribution in [0.3, 0.4) is 0 Å². The Balaban J connectivity index is 1.57. The third kappa shape index (κ3) is 3.86. The second kappa shape index (κ2) is 7.20. The average molecular weight is 367 g/mol. The summed E-state index contributed by atoms with van der Waals surface area (Å²) in [5, 5.41) is 3.59. The predicted octanol–water partition coefficient (Wildman–Crippen LogP) is 4.30. The van der Waals surface area contributed by atoms with Crippen LogP contribution < -0.4 is 14.8 Å². The van der Waals surface area contributed by atoms with Gasteiger partial charge in [0, 0.05) is 12.7 Å². The van der Waals surface area contributed by atoms with Crippen LogP contribution in [0.1, 0.15) is 0 Å². The number of likely N-dealkylation sites (N-methyl/N-ethyl adjacent to an activating group) is 1. The van der Waals surface area contributed by atoms with Gasteiger partial charge in [0.1, 0.15) is 6.61 Å². The fourth-order valence-electron chi connectivity index (χ4n) is 2.33. The highest BCUT2D eigenvalue weighted by Crippen LogP contribution is 2.31. The molecule has 126 valence electrons. The highest BCUT2D eigenvalue weighted by molar-refractivity contribution is 6.42. The fourth-order valence-corrected chi connectivity index (χ4v) is 2.63. The van der Waals surface area contributed by atoms with Crippen LogP contribution in [-0.2, 0) is 0 Å². The molecule has 7 heteroatoms. The van der Waals surface area contributed by atoms with Crippen LogP contribution in [0.15, 0.2) is 42.5 Å². The molecule has 0 spiro atoms. The number of anilines is 1. The number of rotatable bonds is 3. The Hall–Kier alpha value is -2.11. The van der Waals surface area contributed by atoms with E-state index in [4.69, 9.17) is 32.7 Å². The first-order valence-corrected chi connectivity index (χ1v) is 8.14. The first-order valence-electron chi connectivity index (χ1n) is 7.38. The minimum absolute atomic E-state index is 0.232. The standard InChI is InChI=1S/C17H16Cl2N2O3/c1-21(17(22)20-11-6-7-13(18)14(19)8-11)9-12-10-23-15-4-2-3-5-16(15)24-12/h2-8,12H,9-10H2,1H3,(H,20,22). The predicted molar refractivity (Wildman–Crippen MR) is 94.5 cm³/mol. The number of nitrogens with zero attached hydrogens (tertiary/aromatic N) is 1. The Morgan fingerprint density at radius 1 is 1.21 bits per heavy atom. The number of urea groups is 1. The molecule has 0 bridgehead atoms. The molecule has 2 aromatic carbocycles. The van der Waals surface area contributed by atoms with Crippen LogP contribution in [0, 0.1) is 0 Å². The summed E-state index contributed by atoms with van der Waals surface area (Å²) in [5.74, 6) is 1.41. The van der Waals surface area contributed by atoms with Crippen molar-refractivity contribution in [2.24, 2.45) is 0 Å². The highest BCUT2D eigenvalue weighted by atomic mass is 35.5. The lowest BCUT2D eigenvalue weighted by Gasteiger charge is -2.29. The summed E-state index contributed by atoms with van der Waals surface area (Å²) in [6.07, 6.45) is -0.232. The van der Waals surface area contributed by atoms with Crippen molar-refractivity contribution in [2.45, 2.75) is 6.10 Å². The number of fused-ring (bicyclic) bond motifs is 1. The van der Waals surface area contributed by atoms with Crippen LogP contribution in [-0.4, -0.2) is 37.2 Å². The molecule has 0 radical (unpaired) electrons. The molecule has 0 aromatic heterocycles. The molecule has 24 heavy (non-hydrogen) atoms. The Morgan fingerprint density at radius 3 is 2.71 bits per heavy atom. The third-order valence-electron chi connectivity index (χ3n) is 3.56. The van der Waals surface area contributed by atoms with Crippen LogP contribution in [0.4, 0.5) is 10.5 Å². The van der Waals surface area contributed by atoms with E-state index >= 15 is 0 Å². The summed E-state index contributed by atoms with van der Waals surface area (Å²) in [6.45, 7) is 0.781. The molecule has 0 aliphatic carbocycles. The van der Waals surface area contributed by atoms with Gasteiger partial charge in [-0.05, 0) is 30.3 Å². The van der Waals surface area contributed by atoms with Crippen LogP contribution in [0.5, 0.6) is 11.5 Å². The maximum absolute atomic E-state index is 12.3. The van der Waals surface area contributed by atoms with Crippen molar-refractivity contribution in [3.8, 4) is 11.5 Å². The maximum Gasteiger partial charge on any atom is 0.321 e. The van der Waals surface area contributed by atoms with E-state index in [9.17, 15) is 4.79 Å². The van der Waals surface area contributed by atoms with E-state index in [1.807, 2.05) is 24.3 Å². The summed E-state index contributed by atoms with van der Waals surface area (Å²) in [4.78, 5) is 13.8. The molecule has 3 rings (SSSR count). The topological polar surface area (TPSA) is 50.8 Å². The lowest BCUT2D eigenvalue weighted by Crippen LogP contribution is -2.43. The SMILES string of the molecule is CN(CC1COc2ccccc2O1)C(=O)Nc1ccc(Cl)c(Cl)c1. The minimum atomic E-state index is -0.268. The van der Waals surface area contributed by atoms with E-state index in [1.165, 1.54) is 4.90 Å². The Kier molecular flexibility index (Phi) is 5.02. The van der Waals surface area contributed by atoms with E-state index in [1.54, 1.807) is 25.2 Å². The lowest BCUT2D eigenvalue weighted by molar-refractivity contribution is 0.0731. The number of hydrogen-bond donors (Lipinski definition) is 1. The van der Waals surface area contributed by atoms with E-state index in [0.717, 1.165) is 5.75 Å². The second-order valence-electron chi connectivity index (χ2n) is 5.44. The average Bonchev–Trinajstić information content (AvgIpc) is 2.58. The highest BCUT2D eigenvalue weighted by Gasteiger charge is 2.23. The Labute approximate surface area is 150 Å². The first-order chi connectivity index (χ1) is 11.5. The van der Waals surface area contributed by atoms with Crippen LogP contribution in [0.25, 0.3) is 0 Å². The van der Waals surface area contributed by atoms with Crippen molar-refractivity contribution < 1.29 is 14.3 Å². The molecule has 1 N–H and O–H groups in total. The molecule has 5 nitrogen and oxygen atoms in total. The molecule has 1 aliphatic rings. The number of ether oxygens (including phenoxy) is 2. The van der Waals surface area contributed by atoms with Gasteiger partial charge in [0.2, 0.25) is 0 Å². The number of para-hydroxylation sites is 2. The van der Waals surface area contributed by atoms with Crippen LogP contribution in [0.2, 0.25) is 10.0 Å². The van der Waals surface area contributed by atoms with Crippen molar-refractivity contribution in [1.29, 1.82) is 0 Å². The first kappa shape index (κ1) is 16.7. The number of benzene rings is 2. The Bertz CT molecular complexity index is 754. The van der Waals surface area contributed by atoms with Gasteiger partial charge in [0.05, 0.1) is 16.6 Å². The second-order valence-corrected chi connectivity index (χ2v) is 6.25. The van der Waals surface area contributed by atoms with Gasteiger partial charge in [0.15, 0.2) is 17.6 Å². The third-order valence-corrected chi connectivity index (χ3v) is 4.30. The van der Waals surface area contributed by atoms with Gasteiger partial charge < -0.3 is 19.7 Å². The molecule has 2 aromatic rings. The van der Waals surface area contributed by atoms with Gasteiger partial charge in [-0.15, -0.1) is 0 Å². The van der Waals surface area contributed by atoms with Gasteiger partial charge >= 0.3 is 6.03 Å². The summed E-state index contributed by atoms with van der Waals surface area (Å²) >= 11 is 11.8. The van der Waals surface area contributed by atoms with E-state index in [0.29, 0.717) is 34.6 Å². The number of carbonyl (C=O) groups is 1. The number of amides is 2. The number of nitrogens with one attached hydrogen (secondary N) is 1. The van der Waals surface area contributed by atoms with Gasteiger partial charge in [-0.25, -0.2) is 4.79 Å². The number of carbonyl (C=O) groups excluding carboxylic acids is 1. The monoisotopic (exact) mass is 366 g/mol. The molecular formula is C17H16Cl2N2O3. The largest absolute Gasteiger partial charge is 0.486 e. The molecule has 0 saturated carbocycles. The molecule has 1 aliphatic heterocycles. The molecule has 0 saturated heterocycles. The lowest BCUT2D eigenvalue weighted by atomic mass is 10.2. The molecule has 0 fully saturated rings. The van der Waals surface area contributed by atoms with Gasteiger partial charge in [-0.1, -0.05) is 35.3 Å². The van der Waals surface area contributed by atoms with Crippen molar-refractivity contribution in [3.63, 3.8) is 0 Å². The van der Waals surface area contributed by atoms with Crippen molar-refractivity contribution in [1.82, 2.24) is 4.90 Å². The van der Waals surface area contributed by atoms with E-state index < -0.39 is 0 Å². The zero-order valence-electron chi connectivity index (χ0n) is 13.0. The quantitative estimate of drug-likeness (QED) is 0.880. The molecule has 1 heterocycles. The minimum Gasteiger partial charge on any atom is -0.486 e.